The zero-order valence-electron chi connectivity index (χ0n) is 8.82. The van der Waals surface area contributed by atoms with Gasteiger partial charge in [0.05, 0.1) is 9.64 Å². The fraction of sp³-hybridized carbons (Fsp3) is 0.455. The SMILES string of the molecule is CCC(C)(C)S(=O)(=O)c1ccccc1. The van der Waals surface area contributed by atoms with Crippen molar-refractivity contribution < 1.29 is 8.42 Å². The normalized spacial score (nSPS) is 12.8. The van der Waals surface area contributed by atoms with Crippen LogP contribution in [0.1, 0.15) is 27.2 Å². The van der Waals surface area contributed by atoms with Gasteiger partial charge in [0, 0.05) is 0 Å². The standard InChI is InChI=1S/C11H16O2S/c1-4-11(2,3)14(12,13)10-8-6-5-7-9-10/h5-9H,4H2,1-3H3. The lowest BCUT2D eigenvalue weighted by atomic mass is 10.1. The topological polar surface area (TPSA) is 34.1 Å². The molecule has 14 heavy (non-hydrogen) atoms. The summed E-state index contributed by atoms with van der Waals surface area (Å²) in [4.78, 5) is 0.409. The van der Waals surface area contributed by atoms with Crippen molar-refractivity contribution in [2.24, 2.45) is 0 Å². The fourth-order valence-electron chi connectivity index (χ4n) is 1.11. The Morgan fingerprint density at radius 2 is 1.64 bits per heavy atom. The highest BCUT2D eigenvalue weighted by molar-refractivity contribution is 7.92. The first-order valence-corrected chi connectivity index (χ1v) is 6.20. The number of benzene rings is 1. The van der Waals surface area contributed by atoms with Crippen molar-refractivity contribution in [2.45, 2.75) is 36.8 Å². The Morgan fingerprint density at radius 3 is 2.07 bits per heavy atom. The maximum absolute atomic E-state index is 12.1. The van der Waals surface area contributed by atoms with Crippen molar-refractivity contribution in [3.05, 3.63) is 30.3 Å². The van der Waals surface area contributed by atoms with Crippen molar-refractivity contribution >= 4 is 9.84 Å². The van der Waals surface area contributed by atoms with Crippen LogP contribution in [0.15, 0.2) is 35.2 Å². The molecule has 3 heteroatoms. The van der Waals surface area contributed by atoms with Crippen LogP contribution in [0, 0.1) is 0 Å². The molecule has 0 fully saturated rings. The van der Waals surface area contributed by atoms with Crippen LogP contribution in [0.2, 0.25) is 0 Å². The molecule has 0 spiro atoms. The highest BCUT2D eigenvalue weighted by atomic mass is 32.2. The molecule has 1 rings (SSSR count). The van der Waals surface area contributed by atoms with Crippen LogP contribution in [0.5, 0.6) is 0 Å². The van der Waals surface area contributed by atoms with Gasteiger partial charge in [0.1, 0.15) is 0 Å². The first kappa shape index (κ1) is 11.2. The molecule has 0 radical (unpaired) electrons. The van der Waals surface area contributed by atoms with Crippen LogP contribution in [0.3, 0.4) is 0 Å². The molecule has 0 amide bonds. The third-order valence-corrected chi connectivity index (χ3v) is 5.27. The number of rotatable bonds is 3. The average molecular weight is 212 g/mol. The highest BCUT2D eigenvalue weighted by Crippen LogP contribution is 2.27. The van der Waals surface area contributed by atoms with Gasteiger partial charge in [0.2, 0.25) is 0 Å². The molecular formula is C11H16O2S. The predicted molar refractivity (Wildman–Crippen MR) is 58.0 cm³/mol. The highest BCUT2D eigenvalue weighted by Gasteiger charge is 2.33. The number of hydrogen-bond donors (Lipinski definition) is 0. The molecule has 1 aromatic carbocycles. The molecule has 0 bridgehead atoms. The molecule has 0 N–H and O–H groups in total. The second kappa shape index (κ2) is 3.73. The molecule has 2 nitrogen and oxygen atoms in total. The van der Waals surface area contributed by atoms with Gasteiger partial charge in [-0.25, -0.2) is 8.42 Å². The van der Waals surface area contributed by atoms with Crippen LogP contribution in [-0.4, -0.2) is 13.2 Å². The lowest BCUT2D eigenvalue weighted by molar-refractivity contribution is 0.538. The van der Waals surface area contributed by atoms with E-state index < -0.39 is 14.6 Å². The second-order valence-corrected chi connectivity index (χ2v) is 6.51. The summed E-state index contributed by atoms with van der Waals surface area (Å²) in [5.74, 6) is 0. The molecule has 0 aromatic heterocycles. The maximum atomic E-state index is 12.1. The van der Waals surface area contributed by atoms with Gasteiger partial charge in [-0.1, -0.05) is 25.1 Å². The van der Waals surface area contributed by atoms with Crippen molar-refractivity contribution in [3.63, 3.8) is 0 Å². The Kier molecular flexibility index (Phi) is 3.00. The minimum Gasteiger partial charge on any atom is -0.223 e. The molecule has 0 atom stereocenters. The molecule has 0 saturated heterocycles. The molecular weight excluding hydrogens is 196 g/mol. The maximum Gasteiger partial charge on any atom is 0.183 e. The fourth-order valence-corrected chi connectivity index (χ4v) is 2.64. The van der Waals surface area contributed by atoms with E-state index >= 15 is 0 Å². The monoisotopic (exact) mass is 212 g/mol. The zero-order valence-corrected chi connectivity index (χ0v) is 9.64. The molecule has 78 valence electrons. The van der Waals surface area contributed by atoms with Gasteiger partial charge in [-0.05, 0) is 32.4 Å². The summed E-state index contributed by atoms with van der Waals surface area (Å²) in [5, 5.41) is 0. The largest absolute Gasteiger partial charge is 0.223 e. The summed E-state index contributed by atoms with van der Waals surface area (Å²) in [6.45, 7) is 5.41. The van der Waals surface area contributed by atoms with E-state index in [9.17, 15) is 8.42 Å². The molecule has 0 unspecified atom stereocenters. The summed E-state index contributed by atoms with van der Waals surface area (Å²) < 4.78 is 23.5. The van der Waals surface area contributed by atoms with E-state index in [-0.39, 0.29) is 0 Å². The van der Waals surface area contributed by atoms with E-state index in [0.717, 1.165) is 0 Å². The third-order valence-electron chi connectivity index (χ3n) is 2.63. The van der Waals surface area contributed by atoms with E-state index in [2.05, 4.69) is 0 Å². The van der Waals surface area contributed by atoms with E-state index in [1.165, 1.54) is 0 Å². The van der Waals surface area contributed by atoms with Gasteiger partial charge < -0.3 is 0 Å². The van der Waals surface area contributed by atoms with E-state index in [1.807, 2.05) is 13.0 Å². The van der Waals surface area contributed by atoms with E-state index in [0.29, 0.717) is 11.3 Å². The van der Waals surface area contributed by atoms with Crippen molar-refractivity contribution in [2.75, 3.05) is 0 Å². The second-order valence-electron chi connectivity index (χ2n) is 3.93. The minimum absolute atomic E-state index is 0.409. The first-order valence-electron chi connectivity index (χ1n) is 4.71. The summed E-state index contributed by atoms with van der Waals surface area (Å²) in [6.07, 6.45) is 0.615. The lowest BCUT2D eigenvalue weighted by Crippen LogP contribution is -2.30. The quantitative estimate of drug-likeness (QED) is 0.772. The minimum atomic E-state index is -3.19. The van der Waals surface area contributed by atoms with Crippen molar-refractivity contribution in [1.82, 2.24) is 0 Å². The Bertz CT molecular complexity index is 391. The average Bonchev–Trinajstić information content (AvgIpc) is 2.19. The van der Waals surface area contributed by atoms with Gasteiger partial charge in [-0.3, -0.25) is 0 Å². The zero-order chi connectivity index (χ0) is 10.8. The smallest absolute Gasteiger partial charge is 0.183 e. The van der Waals surface area contributed by atoms with Crippen LogP contribution >= 0.6 is 0 Å². The summed E-state index contributed by atoms with van der Waals surface area (Å²) >= 11 is 0. The van der Waals surface area contributed by atoms with Gasteiger partial charge >= 0.3 is 0 Å². The third kappa shape index (κ3) is 1.82. The van der Waals surface area contributed by atoms with E-state index in [1.54, 1.807) is 38.1 Å². The Morgan fingerprint density at radius 1 is 1.14 bits per heavy atom. The van der Waals surface area contributed by atoms with Crippen LogP contribution < -0.4 is 0 Å². The number of sulfone groups is 1. The van der Waals surface area contributed by atoms with Gasteiger partial charge in [0.25, 0.3) is 0 Å². The molecule has 1 aromatic rings. The van der Waals surface area contributed by atoms with Gasteiger partial charge in [-0.2, -0.15) is 0 Å². The van der Waals surface area contributed by atoms with Crippen LogP contribution in [0.25, 0.3) is 0 Å². The summed E-state index contributed by atoms with van der Waals surface area (Å²) in [7, 11) is -3.19. The summed E-state index contributed by atoms with van der Waals surface area (Å²) in [5.41, 5.74) is 0. The van der Waals surface area contributed by atoms with Crippen LogP contribution in [0.4, 0.5) is 0 Å². The van der Waals surface area contributed by atoms with Gasteiger partial charge in [0.15, 0.2) is 9.84 Å². The molecule has 0 aliphatic carbocycles. The molecule has 0 aliphatic rings. The molecule has 0 heterocycles. The summed E-state index contributed by atoms with van der Waals surface area (Å²) in [6, 6.07) is 8.61. The Hall–Kier alpha value is -0.830. The van der Waals surface area contributed by atoms with Gasteiger partial charge in [-0.15, -0.1) is 0 Å². The van der Waals surface area contributed by atoms with Crippen molar-refractivity contribution in [1.29, 1.82) is 0 Å². The first-order chi connectivity index (χ1) is 6.42. The van der Waals surface area contributed by atoms with Crippen LogP contribution in [-0.2, 0) is 9.84 Å². The number of hydrogen-bond acceptors (Lipinski definition) is 2. The Balaban J connectivity index is 3.23. The predicted octanol–water partition coefficient (Wildman–Crippen LogP) is 2.65. The molecule has 0 saturated carbocycles. The molecule has 0 aliphatic heterocycles. The Labute approximate surface area is 85.9 Å². The van der Waals surface area contributed by atoms with E-state index in [4.69, 9.17) is 0 Å². The van der Waals surface area contributed by atoms with Crippen molar-refractivity contribution in [3.8, 4) is 0 Å². The lowest BCUT2D eigenvalue weighted by Gasteiger charge is -2.22.